The minimum atomic E-state index is -3.96. The standard InChI is InChI=1S/C11H16N2O5S2/c12-19(15,16)10-4-1-5-11(7-10)20(17,18)13-6-2-3-9(14)8-13/h1,4-5,7,9,14H,2-3,6,8H2,(H2,12,15,16). The molecule has 0 amide bonds. The molecule has 0 aromatic heterocycles. The Kier molecular flexibility index (Phi) is 4.17. The van der Waals surface area contributed by atoms with Gasteiger partial charge in [0.2, 0.25) is 20.0 Å². The smallest absolute Gasteiger partial charge is 0.243 e. The van der Waals surface area contributed by atoms with Gasteiger partial charge < -0.3 is 5.11 Å². The minimum Gasteiger partial charge on any atom is -0.392 e. The van der Waals surface area contributed by atoms with E-state index in [1.54, 1.807) is 0 Å². The lowest BCUT2D eigenvalue weighted by atomic mass is 10.1. The molecule has 7 nitrogen and oxygen atoms in total. The van der Waals surface area contributed by atoms with E-state index in [9.17, 15) is 21.9 Å². The molecule has 0 saturated carbocycles. The summed E-state index contributed by atoms with van der Waals surface area (Å²) >= 11 is 0. The number of aliphatic hydroxyl groups is 1. The van der Waals surface area contributed by atoms with E-state index in [1.807, 2.05) is 0 Å². The third-order valence-corrected chi connectivity index (χ3v) is 5.90. The van der Waals surface area contributed by atoms with E-state index in [4.69, 9.17) is 5.14 Å². The average molecular weight is 320 g/mol. The number of sulfonamides is 2. The zero-order valence-corrected chi connectivity index (χ0v) is 12.3. The number of nitrogens with zero attached hydrogens (tertiary/aromatic N) is 1. The van der Waals surface area contributed by atoms with Crippen LogP contribution < -0.4 is 5.14 Å². The SMILES string of the molecule is NS(=O)(=O)c1cccc(S(=O)(=O)N2CCCC(O)C2)c1. The van der Waals surface area contributed by atoms with Gasteiger partial charge in [-0.2, -0.15) is 4.31 Å². The summed E-state index contributed by atoms with van der Waals surface area (Å²) < 4.78 is 48.5. The zero-order chi connectivity index (χ0) is 15.0. The average Bonchev–Trinajstić information content (AvgIpc) is 2.38. The van der Waals surface area contributed by atoms with Gasteiger partial charge in [-0.05, 0) is 31.0 Å². The summed E-state index contributed by atoms with van der Waals surface area (Å²) in [7, 11) is -7.78. The van der Waals surface area contributed by atoms with Crippen LogP contribution in [-0.4, -0.2) is 45.4 Å². The van der Waals surface area contributed by atoms with Gasteiger partial charge in [-0.1, -0.05) is 6.07 Å². The van der Waals surface area contributed by atoms with Gasteiger partial charge in [0, 0.05) is 13.1 Å². The molecule has 2 rings (SSSR count). The molecular weight excluding hydrogens is 304 g/mol. The Balaban J connectivity index is 2.39. The second kappa shape index (κ2) is 5.41. The fraction of sp³-hybridized carbons (Fsp3) is 0.455. The Morgan fingerprint density at radius 3 is 2.45 bits per heavy atom. The van der Waals surface area contributed by atoms with Gasteiger partial charge in [0.25, 0.3) is 0 Å². The van der Waals surface area contributed by atoms with Crippen molar-refractivity contribution in [1.29, 1.82) is 0 Å². The van der Waals surface area contributed by atoms with Crippen LogP contribution in [-0.2, 0) is 20.0 Å². The highest BCUT2D eigenvalue weighted by Crippen LogP contribution is 2.22. The van der Waals surface area contributed by atoms with Crippen LogP contribution in [0.3, 0.4) is 0 Å². The molecule has 0 spiro atoms. The number of piperidine rings is 1. The molecule has 1 atom stereocenters. The van der Waals surface area contributed by atoms with Crippen molar-refractivity contribution >= 4 is 20.0 Å². The third kappa shape index (κ3) is 3.18. The maximum atomic E-state index is 12.4. The van der Waals surface area contributed by atoms with E-state index in [-0.39, 0.29) is 16.3 Å². The Morgan fingerprint density at radius 2 is 1.85 bits per heavy atom. The summed E-state index contributed by atoms with van der Waals surface area (Å²) in [4.78, 5) is -0.394. The summed E-state index contributed by atoms with van der Waals surface area (Å²) in [5.41, 5.74) is 0. The van der Waals surface area contributed by atoms with Crippen LogP contribution in [0.15, 0.2) is 34.1 Å². The molecule has 1 aliphatic rings. The number of nitrogens with two attached hydrogens (primary N) is 1. The molecule has 20 heavy (non-hydrogen) atoms. The van der Waals surface area contributed by atoms with Crippen molar-refractivity contribution in [2.24, 2.45) is 5.14 Å². The molecule has 1 aromatic rings. The summed E-state index contributed by atoms with van der Waals surface area (Å²) in [6.07, 6.45) is 0.429. The fourth-order valence-electron chi connectivity index (χ4n) is 2.10. The summed E-state index contributed by atoms with van der Waals surface area (Å²) in [6.45, 7) is 0.320. The topological polar surface area (TPSA) is 118 Å². The van der Waals surface area contributed by atoms with E-state index in [1.165, 1.54) is 18.2 Å². The van der Waals surface area contributed by atoms with E-state index in [0.29, 0.717) is 19.4 Å². The van der Waals surface area contributed by atoms with Crippen molar-refractivity contribution in [3.8, 4) is 0 Å². The second-order valence-electron chi connectivity index (χ2n) is 4.68. The molecule has 9 heteroatoms. The van der Waals surface area contributed by atoms with Gasteiger partial charge >= 0.3 is 0 Å². The molecule has 1 aromatic carbocycles. The Bertz CT molecular complexity index is 699. The highest BCUT2D eigenvalue weighted by molar-refractivity contribution is 7.90. The normalized spacial score (nSPS) is 21.8. The maximum Gasteiger partial charge on any atom is 0.243 e. The number of β-amino-alcohol motifs (C(OH)–C–C–N with tert-alkyl or cyclic N) is 1. The molecule has 0 aliphatic carbocycles. The Hall–Kier alpha value is -1.00. The largest absolute Gasteiger partial charge is 0.392 e. The number of hydrogen-bond donors (Lipinski definition) is 2. The molecule has 112 valence electrons. The first-order valence-corrected chi connectivity index (χ1v) is 9.01. The number of aliphatic hydroxyl groups excluding tert-OH is 1. The Labute approximate surface area is 118 Å². The predicted molar refractivity (Wildman–Crippen MR) is 71.8 cm³/mol. The molecule has 1 saturated heterocycles. The first kappa shape index (κ1) is 15.4. The molecule has 0 radical (unpaired) electrons. The summed E-state index contributed by atoms with van der Waals surface area (Å²) in [5.74, 6) is 0. The third-order valence-electron chi connectivity index (χ3n) is 3.13. The van der Waals surface area contributed by atoms with Gasteiger partial charge in [-0.15, -0.1) is 0 Å². The lowest BCUT2D eigenvalue weighted by Crippen LogP contribution is -2.42. The van der Waals surface area contributed by atoms with Crippen LogP contribution in [0.4, 0.5) is 0 Å². The summed E-state index contributed by atoms with van der Waals surface area (Å²) in [5, 5.41) is 14.5. The van der Waals surface area contributed by atoms with Gasteiger partial charge in [-0.3, -0.25) is 0 Å². The van der Waals surface area contributed by atoms with Crippen molar-refractivity contribution in [3.05, 3.63) is 24.3 Å². The summed E-state index contributed by atoms with van der Waals surface area (Å²) in [6, 6.07) is 4.91. The Morgan fingerprint density at radius 1 is 1.20 bits per heavy atom. The molecule has 1 unspecified atom stereocenters. The number of hydrogen-bond acceptors (Lipinski definition) is 5. The lowest BCUT2D eigenvalue weighted by Gasteiger charge is -2.29. The zero-order valence-electron chi connectivity index (χ0n) is 10.6. The van der Waals surface area contributed by atoms with E-state index >= 15 is 0 Å². The second-order valence-corrected chi connectivity index (χ2v) is 8.18. The van der Waals surface area contributed by atoms with E-state index in [0.717, 1.165) is 10.4 Å². The molecule has 1 fully saturated rings. The van der Waals surface area contributed by atoms with E-state index in [2.05, 4.69) is 0 Å². The number of primary sulfonamides is 1. The van der Waals surface area contributed by atoms with Gasteiger partial charge in [0.1, 0.15) is 0 Å². The van der Waals surface area contributed by atoms with Crippen LogP contribution in [0.1, 0.15) is 12.8 Å². The first-order chi connectivity index (χ1) is 9.21. The van der Waals surface area contributed by atoms with E-state index < -0.39 is 26.2 Å². The van der Waals surface area contributed by atoms with Crippen molar-refractivity contribution in [1.82, 2.24) is 4.31 Å². The molecule has 1 heterocycles. The van der Waals surface area contributed by atoms with Crippen molar-refractivity contribution in [2.75, 3.05) is 13.1 Å². The van der Waals surface area contributed by atoms with Gasteiger partial charge in [0.15, 0.2) is 0 Å². The van der Waals surface area contributed by atoms with Gasteiger partial charge in [0.05, 0.1) is 15.9 Å². The van der Waals surface area contributed by atoms with Crippen LogP contribution in [0.5, 0.6) is 0 Å². The van der Waals surface area contributed by atoms with Gasteiger partial charge in [-0.25, -0.2) is 22.0 Å². The molecule has 0 bridgehead atoms. The quantitative estimate of drug-likeness (QED) is 0.777. The lowest BCUT2D eigenvalue weighted by molar-refractivity contribution is 0.108. The molecule has 1 aliphatic heterocycles. The van der Waals surface area contributed by atoms with Crippen molar-refractivity contribution < 1.29 is 21.9 Å². The number of benzene rings is 1. The van der Waals surface area contributed by atoms with Crippen molar-refractivity contribution in [2.45, 2.75) is 28.7 Å². The van der Waals surface area contributed by atoms with Crippen LogP contribution >= 0.6 is 0 Å². The van der Waals surface area contributed by atoms with Crippen LogP contribution in [0.2, 0.25) is 0 Å². The predicted octanol–water partition coefficient (Wildman–Crippen LogP) is -0.521. The maximum absolute atomic E-state index is 12.4. The van der Waals surface area contributed by atoms with Crippen LogP contribution in [0, 0.1) is 0 Å². The van der Waals surface area contributed by atoms with Crippen molar-refractivity contribution in [3.63, 3.8) is 0 Å². The molecule has 3 N–H and O–H groups in total. The van der Waals surface area contributed by atoms with Crippen LogP contribution in [0.25, 0.3) is 0 Å². The number of rotatable bonds is 3. The first-order valence-electron chi connectivity index (χ1n) is 6.02. The fourth-order valence-corrected chi connectivity index (χ4v) is 4.30. The highest BCUT2D eigenvalue weighted by atomic mass is 32.2. The highest BCUT2D eigenvalue weighted by Gasteiger charge is 2.30. The monoisotopic (exact) mass is 320 g/mol. The minimum absolute atomic E-state index is 0.0158. The molecular formula is C11H16N2O5S2.